The number of hydrogen-bond donors (Lipinski definition) is 2. The van der Waals surface area contributed by atoms with Crippen LogP contribution in [0.3, 0.4) is 0 Å². The van der Waals surface area contributed by atoms with Crippen LogP contribution in [0.4, 0.5) is 0 Å². The van der Waals surface area contributed by atoms with Crippen LogP contribution in [0, 0.1) is 0 Å². The summed E-state index contributed by atoms with van der Waals surface area (Å²) in [5.41, 5.74) is 4.07. The molecular formula is C12H20N2O. The topological polar surface area (TPSA) is 47.3 Å². The van der Waals surface area contributed by atoms with E-state index in [1.807, 2.05) is 25.1 Å². The first kappa shape index (κ1) is 12.2. The van der Waals surface area contributed by atoms with Gasteiger partial charge < -0.3 is 4.74 Å². The Morgan fingerprint density at radius 1 is 1.33 bits per heavy atom. The summed E-state index contributed by atoms with van der Waals surface area (Å²) in [6.45, 7) is 3.60. The van der Waals surface area contributed by atoms with Crippen molar-refractivity contribution < 1.29 is 4.74 Å². The predicted molar refractivity (Wildman–Crippen MR) is 62.2 cm³/mol. The molecule has 1 unspecified atom stereocenters. The molecule has 1 aromatic rings. The molecule has 1 atom stereocenters. The number of nitrogens with two attached hydrogens (primary N) is 1. The Morgan fingerprint density at radius 2 is 2.07 bits per heavy atom. The normalized spacial score (nSPS) is 12.7. The second-order valence-corrected chi connectivity index (χ2v) is 3.47. The Kier molecular flexibility index (Phi) is 6.00. The molecule has 0 amide bonds. The van der Waals surface area contributed by atoms with Gasteiger partial charge >= 0.3 is 0 Å². The highest BCUT2D eigenvalue weighted by atomic mass is 16.5. The lowest BCUT2D eigenvalue weighted by Gasteiger charge is -2.15. The number of nitrogens with one attached hydrogen (secondary N) is 1. The van der Waals surface area contributed by atoms with Crippen molar-refractivity contribution in [2.45, 2.75) is 25.8 Å². The largest absolute Gasteiger partial charge is 0.382 e. The zero-order valence-electron chi connectivity index (χ0n) is 9.28. The summed E-state index contributed by atoms with van der Waals surface area (Å²) in [6, 6.07) is 10.5. The van der Waals surface area contributed by atoms with Gasteiger partial charge in [0.2, 0.25) is 0 Å². The van der Waals surface area contributed by atoms with E-state index in [2.05, 4.69) is 17.6 Å². The fraction of sp³-hybridized carbons (Fsp3) is 0.500. The number of hydrazine groups is 1. The number of rotatable bonds is 7. The molecule has 15 heavy (non-hydrogen) atoms. The van der Waals surface area contributed by atoms with Crippen LogP contribution in [0.15, 0.2) is 30.3 Å². The number of benzene rings is 1. The predicted octanol–water partition coefficient (Wildman–Crippen LogP) is 2.01. The van der Waals surface area contributed by atoms with Crippen LogP contribution < -0.4 is 11.3 Å². The Hall–Kier alpha value is -0.900. The first-order chi connectivity index (χ1) is 7.38. The molecule has 3 heteroatoms. The fourth-order valence-corrected chi connectivity index (χ4v) is 1.57. The van der Waals surface area contributed by atoms with E-state index in [-0.39, 0.29) is 6.04 Å². The average molecular weight is 208 g/mol. The van der Waals surface area contributed by atoms with Gasteiger partial charge in [-0.2, -0.15) is 0 Å². The third-order valence-corrected chi connectivity index (χ3v) is 2.39. The first-order valence-corrected chi connectivity index (χ1v) is 5.47. The van der Waals surface area contributed by atoms with E-state index in [9.17, 15) is 0 Å². The summed E-state index contributed by atoms with van der Waals surface area (Å²) in [6.07, 6.45) is 2.03. The Balaban J connectivity index is 2.36. The van der Waals surface area contributed by atoms with Crippen LogP contribution in [0.1, 0.15) is 31.4 Å². The zero-order valence-corrected chi connectivity index (χ0v) is 9.28. The Morgan fingerprint density at radius 3 is 2.67 bits per heavy atom. The van der Waals surface area contributed by atoms with Crippen LogP contribution in [0.5, 0.6) is 0 Å². The lowest BCUT2D eigenvalue weighted by molar-refractivity contribution is 0.141. The molecule has 0 spiro atoms. The summed E-state index contributed by atoms with van der Waals surface area (Å²) in [4.78, 5) is 0. The standard InChI is InChI=1S/C12H20N2O/c1-2-15-10-6-9-12(14-13)11-7-4-3-5-8-11/h3-5,7-8,12,14H,2,6,9-10,13H2,1H3. The van der Waals surface area contributed by atoms with E-state index in [0.717, 1.165) is 26.1 Å². The van der Waals surface area contributed by atoms with Crippen LogP contribution in [-0.4, -0.2) is 13.2 Å². The summed E-state index contributed by atoms with van der Waals surface area (Å²) in [5, 5.41) is 0. The maximum absolute atomic E-state index is 5.53. The summed E-state index contributed by atoms with van der Waals surface area (Å²) >= 11 is 0. The average Bonchev–Trinajstić information content (AvgIpc) is 2.30. The van der Waals surface area contributed by atoms with Crippen molar-refractivity contribution in [2.75, 3.05) is 13.2 Å². The molecule has 0 saturated carbocycles. The van der Waals surface area contributed by atoms with Crippen LogP contribution >= 0.6 is 0 Å². The van der Waals surface area contributed by atoms with Gasteiger partial charge in [-0.1, -0.05) is 30.3 Å². The van der Waals surface area contributed by atoms with Crippen LogP contribution in [0.25, 0.3) is 0 Å². The lowest BCUT2D eigenvalue weighted by Crippen LogP contribution is -2.28. The smallest absolute Gasteiger partial charge is 0.0466 e. The quantitative estimate of drug-likeness (QED) is 0.409. The van der Waals surface area contributed by atoms with Crippen molar-refractivity contribution in [1.82, 2.24) is 5.43 Å². The highest BCUT2D eigenvalue weighted by Gasteiger charge is 2.07. The zero-order chi connectivity index (χ0) is 10.9. The van der Waals surface area contributed by atoms with E-state index < -0.39 is 0 Å². The van der Waals surface area contributed by atoms with E-state index in [4.69, 9.17) is 10.6 Å². The van der Waals surface area contributed by atoms with Gasteiger partial charge in [0.25, 0.3) is 0 Å². The van der Waals surface area contributed by atoms with Crippen molar-refractivity contribution in [3.05, 3.63) is 35.9 Å². The van der Waals surface area contributed by atoms with Gasteiger partial charge in [0.1, 0.15) is 0 Å². The molecule has 0 aromatic heterocycles. The molecule has 0 bridgehead atoms. The van der Waals surface area contributed by atoms with Crippen molar-refractivity contribution in [1.29, 1.82) is 0 Å². The molecule has 0 radical (unpaired) electrons. The monoisotopic (exact) mass is 208 g/mol. The van der Waals surface area contributed by atoms with Crippen molar-refractivity contribution in [3.8, 4) is 0 Å². The van der Waals surface area contributed by atoms with Gasteiger partial charge in [-0.3, -0.25) is 11.3 Å². The van der Waals surface area contributed by atoms with Gasteiger partial charge in [-0.25, -0.2) is 0 Å². The van der Waals surface area contributed by atoms with Crippen molar-refractivity contribution >= 4 is 0 Å². The van der Waals surface area contributed by atoms with E-state index >= 15 is 0 Å². The lowest BCUT2D eigenvalue weighted by atomic mass is 10.0. The molecule has 0 aliphatic carbocycles. The summed E-state index contributed by atoms with van der Waals surface area (Å²) < 4.78 is 5.30. The minimum absolute atomic E-state index is 0.228. The molecule has 3 N–H and O–H groups in total. The molecule has 0 aliphatic rings. The summed E-state index contributed by atoms with van der Waals surface area (Å²) in [5.74, 6) is 5.53. The summed E-state index contributed by atoms with van der Waals surface area (Å²) in [7, 11) is 0. The third-order valence-electron chi connectivity index (χ3n) is 2.39. The van der Waals surface area contributed by atoms with Gasteiger partial charge in [-0.05, 0) is 25.3 Å². The molecular weight excluding hydrogens is 188 g/mol. The Labute approximate surface area is 91.6 Å². The maximum Gasteiger partial charge on any atom is 0.0466 e. The molecule has 84 valence electrons. The van der Waals surface area contributed by atoms with Crippen LogP contribution in [-0.2, 0) is 4.74 Å². The van der Waals surface area contributed by atoms with E-state index in [1.54, 1.807) is 0 Å². The molecule has 0 fully saturated rings. The van der Waals surface area contributed by atoms with E-state index in [0.29, 0.717) is 0 Å². The number of ether oxygens (including phenoxy) is 1. The first-order valence-electron chi connectivity index (χ1n) is 5.47. The highest BCUT2D eigenvalue weighted by molar-refractivity contribution is 5.18. The SMILES string of the molecule is CCOCCCC(NN)c1ccccc1. The second-order valence-electron chi connectivity index (χ2n) is 3.47. The van der Waals surface area contributed by atoms with Crippen molar-refractivity contribution in [2.24, 2.45) is 5.84 Å². The van der Waals surface area contributed by atoms with Gasteiger partial charge in [0, 0.05) is 19.3 Å². The Bertz CT molecular complexity index is 251. The maximum atomic E-state index is 5.53. The molecule has 3 nitrogen and oxygen atoms in total. The molecule has 0 heterocycles. The molecule has 0 saturated heterocycles. The molecule has 1 rings (SSSR count). The minimum Gasteiger partial charge on any atom is -0.382 e. The van der Waals surface area contributed by atoms with Crippen molar-refractivity contribution in [3.63, 3.8) is 0 Å². The fourth-order valence-electron chi connectivity index (χ4n) is 1.57. The van der Waals surface area contributed by atoms with Gasteiger partial charge in [0.05, 0.1) is 0 Å². The molecule has 1 aromatic carbocycles. The minimum atomic E-state index is 0.228. The molecule has 0 aliphatic heterocycles. The number of hydrogen-bond acceptors (Lipinski definition) is 3. The second kappa shape index (κ2) is 7.40. The third kappa shape index (κ3) is 4.42. The van der Waals surface area contributed by atoms with E-state index in [1.165, 1.54) is 5.56 Å². The van der Waals surface area contributed by atoms with Gasteiger partial charge in [-0.15, -0.1) is 0 Å². The van der Waals surface area contributed by atoms with Crippen LogP contribution in [0.2, 0.25) is 0 Å². The van der Waals surface area contributed by atoms with Gasteiger partial charge in [0.15, 0.2) is 0 Å². The highest BCUT2D eigenvalue weighted by Crippen LogP contribution is 2.16.